The normalized spacial score (nSPS) is 13.9. The largest absolute Gasteiger partial charge is 0.326 e. The molecule has 0 saturated heterocycles. The first-order valence-corrected chi connectivity index (χ1v) is 12.2. The molecule has 0 unspecified atom stereocenters. The summed E-state index contributed by atoms with van der Waals surface area (Å²) in [6.45, 7) is 0.487. The molecule has 0 spiro atoms. The Hall–Kier alpha value is -2.55. The highest BCUT2D eigenvalue weighted by atomic mass is 32.2. The van der Waals surface area contributed by atoms with Gasteiger partial charge in [0.25, 0.3) is 0 Å². The van der Waals surface area contributed by atoms with Crippen molar-refractivity contribution in [2.24, 2.45) is 5.92 Å². The summed E-state index contributed by atoms with van der Waals surface area (Å²) in [6, 6.07) is 16.3. The van der Waals surface area contributed by atoms with Crippen molar-refractivity contribution < 1.29 is 13.2 Å². The van der Waals surface area contributed by atoms with Crippen LogP contribution >= 0.6 is 11.3 Å². The van der Waals surface area contributed by atoms with Crippen LogP contribution in [0, 0.1) is 5.92 Å². The average molecular weight is 442 g/mol. The van der Waals surface area contributed by atoms with Crippen LogP contribution in [0.25, 0.3) is 0 Å². The van der Waals surface area contributed by atoms with E-state index in [1.54, 1.807) is 23.5 Å². The van der Waals surface area contributed by atoms with Gasteiger partial charge in [-0.05, 0) is 48.6 Å². The number of anilines is 1. The Morgan fingerprint density at radius 1 is 1.07 bits per heavy atom. The van der Waals surface area contributed by atoms with Gasteiger partial charge in [-0.25, -0.2) is 18.1 Å². The first kappa shape index (κ1) is 20.7. The zero-order valence-corrected chi connectivity index (χ0v) is 18.0. The maximum absolute atomic E-state index is 12.3. The molecule has 30 heavy (non-hydrogen) atoms. The molecule has 1 heterocycles. The zero-order chi connectivity index (χ0) is 21.0. The van der Waals surface area contributed by atoms with Crippen LogP contribution in [0.5, 0.6) is 0 Å². The Morgan fingerprint density at radius 3 is 2.50 bits per heavy atom. The van der Waals surface area contributed by atoms with Gasteiger partial charge in [0, 0.05) is 24.0 Å². The van der Waals surface area contributed by atoms with Gasteiger partial charge < -0.3 is 5.32 Å². The second-order valence-corrected chi connectivity index (χ2v) is 10.1. The number of hydrogen-bond donors (Lipinski definition) is 2. The van der Waals surface area contributed by atoms with Crippen LogP contribution in [0.15, 0.2) is 64.9 Å². The van der Waals surface area contributed by atoms with E-state index < -0.39 is 10.0 Å². The first-order chi connectivity index (χ1) is 14.5. The minimum Gasteiger partial charge on any atom is -0.326 e. The maximum Gasteiger partial charge on any atom is 0.240 e. The van der Waals surface area contributed by atoms with E-state index in [9.17, 15) is 13.2 Å². The summed E-state index contributed by atoms with van der Waals surface area (Å²) in [5.74, 6) is 0.284. The average Bonchev–Trinajstić information content (AvgIpc) is 3.47. The Morgan fingerprint density at radius 2 is 1.80 bits per heavy atom. The first-order valence-electron chi connectivity index (χ1n) is 9.85. The fraction of sp³-hybridized carbons (Fsp3) is 0.273. The molecule has 0 aliphatic heterocycles. The van der Waals surface area contributed by atoms with Gasteiger partial charge in [0.15, 0.2) is 0 Å². The SMILES string of the molecule is O=C(Cc1csc(Cc2ccccc2)n1)Nc1ccc(S(=O)(=O)NCC2CC2)cc1. The number of amides is 1. The lowest BCUT2D eigenvalue weighted by molar-refractivity contribution is -0.115. The van der Waals surface area contributed by atoms with Gasteiger partial charge >= 0.3 is 0 Å². The summed E-state index contributed by atoms with van der Waals surface area (Å²) in [4.78, 5) is 17.1. The fourth-order valence-corrected chi connectivity index (χ4v) is 4.95. The molecule has 3 aromatic rings. The predicted molar refractivity (Wildman–Crippen MR) is 118 cm³/mol. The number of aromatic nitrogens is 1. The summed E-state index contributed by atoms with van der Waals surface area (Å²) in [7, 11) is -3.50. The van der Waals surface area contributed by atoms with Crippen LogP contribution in [0.4, 0.5) is 5.69 Å². The predicted octanol–water partition coefficient (Wildman–Crippen LogP) is 3.60. The second-order valence-electron chi connectivity index (χ2n) is 7.44. The summed E-state index contributed by atoms with van der Waals surface area (Å²) in [6.07, 6.45) is 3.09. The van der Waals surface area contributed by atoms with E-state index in [1.807, 2.05) is 23.6 Å². The summed E-state index contributed by atoms with van der Waals surface area (Å²) < 4.78 is 27.2. The van der Waals surface area contributed by atoms with Gasteiger partial charge in [0.2, 0.25) is 15.9 Å². The molecule has 1 amide bonds. The second kappa shape index (κ2) is 9.07. The van der Waals surface area contributed by atoms with E-state index >= 15 is 0 Å². The molecule has 0 atom stereocenters. The van der Waals surface area contributed by atoms with Crippen molar-refractivity contribution >= 4 is 33.0 Å². The summed E-state index contributed by atoms with van der Waals surface area (Å²) >= 11 is 1.54. The minimum atomic E-state index is -3.50. The third kappa shape index (κ3) is 5.75. The lowest BCUT2D eigenvalue weighted by Gasteiger charge is -2.08. The lowest BCUT2D eigenvalue weighted by atomic mass is 10.2. The highest BCUT2D eigenvalue weighted by Crippen LogP contribution is 2.28. The molecule has 1 aromatic heterocycles. The van der Waals surface area contributed by atoms with E-state index in [2.05, 4.69) is 27.2 Å². The van der Waals surface area contributed by atoms with Crippen LogP contribution in [-0.4, -0.2) is 25.9 Å². The molecule has 1 fully saturated rings. The van der Waals surface area contributed by atoms with Gasteiger partial charge in [0.1, 0.15) is 0 Å². The summed E-state index contributed by atoms with van der Waals surface area (Å²) in [5, 5.41) is 5.67. The van der Waals surface area contributed by atoms with E-state index in [1.165, 1.54) is 17.7 Å². The standard InChI is InChI=1S/C22H23N3O3S2/c26-21(13-19-15-29-22(25-19)12-16-4-2-1-3-5-16)24-18-8-10-20(11-9-18)30(27,28)23-14-17-6-7-17/h1-5,8-11,15,17,23H,6-7,12-14H2,(H,24,26). The number of nitrogens with zero attached hydrogens (tertiary/aromatic N) is 1. The molecule has 6 nitrogen and oxygen atoms in total. The number of nitrogens with one attached hydrogen (secondary N) is 2. The van der Waals surface area contributed by atoms with E-state index in [0.717, 1.165) is 30.0 Å². The van der Waals surface area contributed by atoms with Gasteiger partial charge in [-0.2, -0.15) is 0 Å². The number of thiazole rings is 1. The van der Waals surface area contributed by atoms with Crippen LogP contribution in [0.3, 0.4) is 0 Å². The fourth-order valence-electron chi connectivity index (χ4n) is 3.00. The quantitative estimate of drug-likeness (QED) is 0.531. The highest BCUT2D eigenvalue weighted by molar-refractivity contribution is 7.89. The Kier molecular flexibility index (Phi) is 6.26. The van der Waals surface area contributed by atoms with Gasteiger partial charge in [-0.1, -0.05) is 30.3 Å². The maximum atomic E-state index is 12.3. The molecular weight excluding hydrogens is 418 g/mol. The minimum absolute atomic E-state index is 0.175. The molecule has 1 aliphatic rings. The monoisotopic (exact) mass is 441 g/mol. The molecule has 1 aliphatic carbocycles. The van der Waals surface area contributed by atoms with Crippen molar-refractivity contribution in [3.05, 3.63) is 76.2 Å². The van der Waals surface area contributed by atoms with Gasteiger partial charge in [-0.15, -0.1) is 11.3 Å². The van der Waals surface area contributed by atoms with Crippen LogP contribution in [0.1, 0.15) is 29.1 Å². The highest BCUT2D eigenvalue weighted by Gasteiger charge is 2.24. The Labute approximate surface area is 180 Å². The van der Waals surface area contributed by atoms with Crippen molar-refractivity contribution in [2.45, 2.75) is 30.6 Å². The molecule has 2 N–H and O–H groups in total. The van der Waals surface area contributed by atoms with Gasteiger partial charge in [-0.3, -0.25) is 4.79 Å². The molecular formula is C22H23N3O3S2. The van der Waals surface area contributed by atoms with Crippen LogP contribution in [-0.2, 0) is 27.7 Å². The van der Waals surface area contributed by atoms with E-state index in [-0.39, 0.29) is 17.2 Å². The van der Waals surface area contributed by atoms with Crippen molar-refractivity contribution in [2.75, 3.05) is 11.9 Å². The number of carbonyl (C=O) groups excluding carboxylic acids is 1. The van der Waals surface area contributed by atoms with Gasteiger partial charge in [0.05, 0.1) is 22.0 Å². The lowest BCUT2D eigenvalue weighted by Crippen LogP contribution is -2.25. The summed E-state index contributed by atoms with van der Waals surface area (Å²) in [5.41, 5.74) is 2.47. The van der Waals surface area contributed by atoms with Crippen molar-refractivity contribution in [3.8, 4) is 0 Å². The molecule has 0 radical (unpaired) electrons. The number of carbonyl (C=O) groups is 1. The Balaban J connectivity index is 1.30. The molecule has 156 valence electrons. The third-order valence-electron chi connectivity index (χ3n) is 4.85. The molecule has 8 heteroatoms. The third-order valence-corrected chi connectivity index (χ3v) is 7.18. The van der Waals surface area contributed by atoms with Crippen molar-refractivity contribution in [1.29, 1.82) is 0 Å². The molecule has 1 saturated carbocycles. The Bertz CT molecular complexity index is 1110. The number of benzene rings is 2. The zero-order valence-electron chi connectivity index (χ0n) is 16.4. The number of hydrogen-bond acceptors (Lipinski definition) is 5. The molecule has 0 bridgehead atoms. The van der Waals surface area contributed by atoms with Crippen LogP contribution < -0.4 is 10.0 Å². The molecule has 2 aromatic carbocycles. The van der Waals surface area contributed by atoms with Crippen molar-refractivity contribution in [1.82, 2.24) is 9.71 Å². The molecule has 4 rings (SSSR count). The van der Waals surface area contributed by atoms with E-state index in [0.29, 0.717) is 18.2 Å². The smallest absolute Gasteiger partial charge is 0.240 e. The topological polar surface area (TPSA) is 88.2 Å². The van der Waals surface area contributed by atoms with Crippen LogP contribution in [0.2, 0.25) is 0 Å². The van der Waals surface area contributed by atoms with Crippen molar-refractivity contribution in [3.63, 3.8) is 0 Å². The number of rotatable bonds is 9. The van der Waals surface area contributed by atoms with E-state index in [4.69, 9.17) is 0 Å². The number of sulfonamides is 1.